The molecule has 116 valence electrons. The van der Waals surface area contributed by atoms with Gasteiger partial charge in [0.15, 0.2) is 0 Å². The molecule has 1 amide bonds. The molecule has 21 heavy (non-hydrogen) atoms. The number of anilines is 1. The van der Waals surface area contributed by atoms with Crippen molar-refractivity contribution < 1.29 is 26.6 Å². The van der Waals surface area contributed by atoms with Crippen LogP contribution in [0.3, 0.4) is 0 Å². The van der Waals surface area contributed by atoms with Crippen molar-refractivity contribution in [1.82, 2.24) is 0 Å². The van der Waals surface area contributed by atoms with Crippen molar-refractivity contribution in [3.05, 3.63) is 16.5 Å². The predicted octanol–water partition coefficient (Wildman–Crippen LogP) is 1.64. The largest absolute Gasteiger partial charge is 0.462 e. The maximum absolute atomic E-state index is 13.0. The van der Waals surface area contributed by atoms with Gasteiger partial charge in [-0.3, -0.25) is 4.79 Å². The van der Waals surface area contributed by atoms with Crippen LogP contribution in [0.25, 0.3) is 0 Å². The van der Waals surface area contributed by atoms with Crippen LogP contribution in [0.15, 0.2) is 6.07 Å². The van der Waals surface area contributed by atoms with Crippen molar-refractivity contribution in [3.63, 3.8) is 0 Å². The number of hydrogen-bond donors (Lipinski definition) is 0. The monoisotopic (exact) mass is 335 g/mol. The van der Waals surface area contributed by atoms with Gasteiger partial charge in [0, 0.05) is 17.8 Å². The first-order chi connectivity index (χ1) is 9.74. The zero-order chi connectivity index (χ0) is 15.8. The fourth-order valence-corrected chi connectivity index (χ4v) is 3.81. The van der Waals surface area contributed by atoms with E-state index in [0.717, 1.165) is 9.78 Å². The number of rotatable bonds is 4. The maximum Gasteiger partial charge on any atom is 0.341 e. The Hall–Kier alpha value is -1.48. The average Bonchev–Trinajstić information content (AvgIpc) is 2.92. The van der Waals surface area contributed by atoms with Gasteiger partial charge >= 0.3 is 16.2 Å². The summed E-state index contributed by atoms with van der Waals surface area (Å²) in [6, 6.07) is 1.57. The lowest BCUT2D eigenvalue weighted by molar-refractivity contribution is -0.117. The fourth-order valence-electron chi connectivity index (χ4n) is 2.12. The highest BCUT2D eigenvalue weighted by molar-refractivity contribution is 7.87. The van der Waals surface area contributed by atoms with Gasteiger partial charge in [-0.2, -0.15) is 8.42 Å². The molecule has 0 saturated carbocycles. The van der Waals surface area contributed by atoms with Crippen molar-refractivity contribution in [2.75, 3.05) is 18.1 Å². The molecule has 6 nitrogen and oxygen atoms in total. The molecule has 0 aliphatic carbocycles. The molecule has 2 rings (SSSR count). The first-order valence-electron chi connectivity index (χ1n) is 6.25. The van der Waals surface area contributed by atoms with Crippen molar-refractivity contribution in [2.24, 2.45) is 0 Å². The summed E-state index contributed by atoms with van der Waals surface area (Å²) in [5.74, 6) is -1.11. The van der Waals surface area contributed by atoms with Crippen LogP contribution < -0.4 is 4.90 Å². The Balaban J connectivity index is 2.35. The summed E-state index contributed by atoms with van der Waals surface area (Å²) in [4.78, 5) is 25.7. The Labute approximate surface area is 125 Å². The summed E-state index contributed by atoms with van der Waals surface area (Å²) < 4.78 is 39.9. The Kier molecular flexibility index (Phi) is 4.33. The average molecular weight is 335 g/mol. The van der Waals surface area contributed by atoms with Crippen molar-refractivity contribution >= 4 is 38.4 Å². The zero-order valence-corrected chi connectivity index (χ0v) is 13.1. The molecule has 1 aliphatic rings. The SMILES string of the molecule is CCOC(=O)c1cc(C)sc1N1CC(S(=O)(=O)F)CC1=O. The minimum Gasteiger partial charge on any atom is -0.462 e. The van der Waals surface area contributed by atoms with E-state index in [9.17, 15) is 21.9 Å². The van der Waals surface area contributed by atoms with Gasteiger partial charge in [-0.25, -0.2) is 4.79 Å². The molecule has 1 saturated heterocycles. The van der Waals surface area contributed by atoms with Crippen LogP contribution in [-0.2, 0) is 19.8 Å². The van der Waals surface area contributed by atoms with Gasteiger partial charge in [0.1, 0.15) is 10.3 Å². The third kappa shape index (κ3) is 3.24. The number of thiophene rings is 1. The second-order valence-corrected chi connectivity index (χ2v) is 7.45. The van der Waals surface area contributed by atoms with Crippen LogP contribution >= 0.6 is 11.3 Å². The summed E-state index contributed by atoms with van der Waals surface area (Å²) in [6.07, 6.45) is -0.419. The Bertz CT molecular complexity index is 682. The summed E-state index contributed by atoms with van der Waals surface area (Å²) in [5, 5.41) is -1.08. The van der Waals surface area contributed by atoms with E-state index >= 15 is 0 Å². The molecule has 1 aromatic rings. The molecule has 2 heterocycles. The molecular formula is C12H14FNO5S2. The topological polar surface area (TPSA) is 80.8 Å². The third-order valence-corrected chi connectivity index (χ3v) is 5.25. The molecule has 0 aromatic carbocycles. The van der Waals surface area contributed by atoms with Crippen molar-refractivity contribution in [2.45, 2.75) is 25.5 Å². The molecule has 1 unspecified atom stereocenters. The van der Waals surface area contributed by atoms with E-state index in [1.165, 1.54) is 11.3 Å². The minimum atomic E-state index is -4.79. The standard InChI is InChI=1S/C12H14FNO5S2/c1-3-19-12(16)9-4-7(2)20-11(9)14-6-8(5-10(14)15)21(13,17)18/h4,8H,3,5-6H2,1-2H3. The van der Waals surface area contributed by atoms with Crippen LogP contribution in [0, 0.1) is 6.92 Å². The van der Waals surface area contributed by atoms with Gasteiger partial charge in [-0.15, -0.1) is 15.2 Å². The molecule has 1 atom stereocenters. The fraction of sp³-hybridized carbons (Fsp3) is 0.500. The number of nitrogens with zero attached hydrogens (tertiary/aromatic N) is 1. The van der Waals surface area contributed by atoms with Gasteiger partial charge in [-0.1, -0.05) is 0 Å². The lowest BCUT2D eigenvalue weighted by Crippen LogP contribution is -2.27. The molecule has 1 aliphatic heterocycles. The van der Waals surface area contributed by atoms with Gasteiger partial charge in [0.2, 0.25) is 5.91 Å². The molecule has 0 radical (unpaired) electrons. The molecule has 1 fully saturated rings. The van der Waals surface area contributed by atoms with E-state index < -0.39 is 33.8 Å². The summed E-state index contributed by atoms with van der Waals surface area (Å²) in [7, 11) is -4.79. The van der Waals surface area contributed by atoms with Crippen LogP contribution in [0.1, 0.15) is 28.6 Å². The van der Waals surface area contributed by atoms with Crippen LogP contribution in [-0.4, -0.2) is 38.7 Å². The second kappa shape index (κ2) is 5.72. The highest BCUT2D eigenvalue weighted by atomic mass is 32.3. The van der Waals surface area contributed by atoms with E-state index in [-0.39, 0.29) is 18.7 Å². The van der Waals surface area contributed by atoms with E-state index in [4.69, 9.17) is 4.74 Å². The second-order valence-electron chi connectivity index (χ2n) is 4.60. The zero-order valence-electron chi connectivity index (χ0n) is 11.5. The Morgan fingerprint density at radius 3 is 2.76 bits per heavy atom. The Morgan fingerprint density at radius 1 is 1.57 bits per heavy atom. The quantitative estimate of drug-likeness (QED) is 0.617. The van der Waals surface area contributed by atoms with Gasteiger partial charge < -0.3 is 9.64 Å². The third-order valence-electron chi connectivity index (χ3n) is 3.06. The lowest BCUT2D eigenvalue weighted by atomic mass is 10.3. The molecule has 1 aromatic heterocycles. The highest BCUT2D eigenvalue weighted by Gasteiger charge is 2.41. The van der Waals surface area contributed by atoms with Crippen LogP contribution in [0.4, 0.5) is 8.89 Å². The number of aryl methyl sites for hydroxylation is 1. The number of carbonyl (C=O) groups is 2. The van der Waals surface area contributed by atoms with E-state index in [0.29, 0.717) is 5.00 Å². The van der Waals surface area contributed by atoms with Gasteiger partial charge in [0.25, 0.3) is 0 Å². The highest BCUT2D eigenvalue weighted by Crippen LogP contribution is 2.35. The van der Waals surface area contributed by atoms with Crippen molar-refractivity contribution in [3.8, 4) is 0 Å². The van der Waals surface area contributed by atoms with Crippen LogP contribution in [0.2, 0.25) is 0 Å². The Morgan fingerprint density at radius 2 is 2.24 bits per heavy atom. The molecule has 9 heteroatoms. The number of ether oxygens (including phenoxy) is 1. The first-order valence-corrected chi connectivity index (χ1v) is 8.51. The van der Waals surface area contributed by atoms with E-state index in [2.05, 4.69) is 0 Å². The van der Waals surface area contributed by atoms with Gasteiger partial charge in [0.05, 0.1) is 12.2 Å². The summed E-state index contributed by atoms with van der Waals surface area (Å²) >= 11 is 1.17. The first kappa shape index (κ1) is 15.9. The smallest absolute Gasteiger partial charge is 0.341 e. The predicted molar refractivity (Wildman–Crippen MR) is 75.8 cm³/mol. The number of hydrogen-bond acceptors (Lipinski definition) is 6. The number of esters is 1. The van der Waals surface area contributed by atoms with E-state index in [1.54, 1.807) is 19.9 Å². The number of halogens is 1. The normalized spacial score (nSPS) is 19.1. The maximum atomic E-state index is 13.0. The van der Waals surface area contributed by atoms with Crippen LogP contribution in [0.5, 0.6) is 0 Å². The molecule has 0 bridgehead atoms. The number of carbonyl (C=O) groups excluding carboxylic acids is 2. The lowest BCUT2D eigenvalue weighted by Gasteiger charge is -2.15. The molecule has 0 N–H and O–H groups in total. The summed E-state index contributed by atoms with van der Waals surface area (Å²) in [6.45, 7) is 3.30. The summed E-state index contributed by atoms with van der Waals surface area (Å²) in [5.41, 5.74) is 0.199. The van der Waals surface area contributed by atoms with E-state index in [1.807, 2.05) is 0 Å². The molecule has 0 spiro atoms. The minimum absolute atomic E-state index is 0.183. The molecular weight excluding hydrogens is 321 g/mol. The van der Waals surface area contributed by atoms with Crippen molar-refractivity contribution in [1.29, 1.82) is 0 Å². The van der Waals surface area contributed by atoms with Gasteiger partial charge in [-0.05, 0) is 19.9 Å². The number of amides is 1.